The number of para-hydroxylation sites is 3. The van der Waals surface area contributed by atoms with E-state index in [4.69, 9.17) is 4.98 Å². The van der Waals surface area contributed by atoms with E-state index in [0.717, 1.165) is 22.6 Å². The van der Waals surface area contributed by atoms with Crippen molar-refractivity contribution < 1.29 is 0 Å². The maximum absolute atomic E-state index is 5.36. The molecule has 0 unspecified atom stereocenters. The molecule has 0 spiro atoms. The molecule has 3 heterocycles. The zero-order chi connectivity index (χ0) is 35.3. The molecule has 0 atom stereocenters. The maximum Gasteiger partial charge on any atom is 0.0800 e. The van der Waals surface area contributed by atoms with Crippen LogP contribution in [0.15, 0.2) is 188 Å². The van der Waals surface area contributed by atoms with Crippen molar-refractivity contribution in [2.75, 3.05) is 0 Å². The summed E-state index contributed by atoms with van der Waals surface area (Å²) in [6, 6.07) is 68.4. The van der Waals surface area contributed by atoms with Crippen molar-refractivity contribution in [2.45, 2.75) is 0 Å². The number of aromatic nitrogens is 3. The molecule has 1 aliphatic carbocycles. The first-order valence-electron chi connectivity index (χ1n) is 18.6. The average molecular weight is 686 g/mol. The quantitative estimate of drug-likeness (QED) is 0.181. The van der Waals surface area contributed by atoms with Crippen LogP contribution in [0.5, 0.6) is 0 Å². The zero-order valence-electron chi connectivity index (χ0n) is 29.2. The first kappa shape index (κ1) is 29.4. The monoisotopic (exact) mass is 685 g/mol. The van der Waals surface area contributed by atoms with Gasteiger partial charge in [0.15, 0.2) is 0 Å². The molecule has 0 radical (unpaired) electrons. The van der Waals surface area contributed by atoms with E-state index in [1.54, 1.807) is 0 Å². The third-order valence-corrected chi connectivity index (χ3v) is 11.4. The van der Waals surface area contributed by atoms with E-state index >= 15 is 0 Å². The summed E-state index contributed by atoms with van der Waals surface area (Å²) >= 11 is 0. The number of nitrogens with zero attached hydrogens (tertiary/aromatic N) is 3. The number of hydrogen-bond acceptors (Lipinski definition) is 1. The lowest BCUT2D eigenvalue weighted by atomic mass is 10.00. The largest absolute Gasteiger partial charge is 0.309 e. The molecule has 0 saturated carbocycles. The Morgan fingerprint density at radius 2 is 0.889 bits per heavy atom. The fourth-order valence-electron chi connectivity index (χ4n) is 9.03. The standard InChI is InChI=1S/C51H31N3/c1-3-13-36(14-4-1)53-46-21-10-9-18-39(46)43-28-32(23-26-47(43)53)33-24-27-48-44(29-33)40-25-22-34(31-49(40)54(48)37-15-5-2-6-16-37)45-30-35-12-11-20-41-38-17-7-8-19-42(38)51(52-45)50(35)41/h1-31H. The van der Waals surface area contributed by atoms with Crippen molar-refractivity contribution >= 4 is 54.4 Å². The van der Waals surface area contributed by atoms with Gasteiger partial charge in [0, 0.05) is 49.4 Å². The summed E-state index contributed by atoms with van der Waals surface area (Å²) in [5.74, 6) is 0. The molecule has 11 aromatic rings. The van der Waals surface area contributed by atoms with E-state index in [1.165, 1.54) is 87.9 Å². The Morgan fingerprint density at radius 3 is 1.61 bits per heavy atom. The van der Waals surface area contributed by atoms with Crippen LogP contribution in [0.4, 0.5) is 0 Å². The number of hydrogen-bond donors (Lipinski definition) is 0. The highest BCUT2D eigenvalue weighted by molar-refractivity contribution is 6.16. The van der Waals surface area contributed by atoms with Crippen LogP contribution >= 0.6 is 0 Å². The van der Waals surface area contributed by atoms with Crippen molar-refractivity contribution in [3.05, 3.63) is 188 Å². The van der Waals surface area contributed by atoms with Crippen molar-refractivity contribution in [3.8, 4) is 56.1 Å². The Bertz CT molecular complexity index is 3310. The van der Waals surface area contributed by atoms with E-state index in [0.29, 0.717) is 0 Å². The van der Waals surface area contributed by atoms with Gasteiger partial charge in [-0.2, -0.15) is 0 Å². The number of benzene rings is 8. The molecule has 0 aliphatic heterocycles. The van der Waals surface area contributed by atoms with Gasteiger partial charge in [0.25, 0.3) is 0 Å². The summed E-state index contributed by atoms with van der Waals surface area (Å²) in [6.07, 6.45) is 0. The Morgan fingerprint density at radius 1 is 0.333 bits per heavy atom. The first-order chi connectivity index (χ1) is 26.8. The van der Waals surface area contributed by atoms with E-state index in [9.17, 15) is 0 Å². The van der Waals surface area contributed by atoms with E-state index in [-0.39, 0.29) is 0 Å². The fourth-order valence-corrected chi connectivity index (χ4v) is 9.03. The minimum atomic E-state index is 0.988. The predicted molar refractivity (Wildman–Crippen MR) is 226 cm³/mol. The molecule has 1 aliphatic rings. The molecule has 12 rings (SSSR count). The van der Waals surface area contributed by atoms with Gasteiger partial charge in [0.2, 0.25) is 0 Å². The Labute approximate surface area is 311 Å². The van der Waals surface area contributed by atoms with Crippen LogP contribution in [-0.4, -0.2) is 14.1 Å². The molecule has 8 aromatic carbocycles. The lowest BCUT2D eigenvalue weighted by Crippen LogP contribution is -1.94. The smallest absolute Gasteiger partial charge is 0.0800 e. The van der Waals surface area contributed by atoms with Gasteiger partial charge in [-0.1, -0.05) is 121 Å². The van der Waals surface area contributed by atoms with Crippen molar-refractivity contribution in [1.82, 2.24) is 14.1 Å². The number of fused-ring (bicyclic) bond motifs is 9. The summed E-state index contributed by atoms with van der Waals surface area (Å²) in [7, 11) is 0. The lowest BCUT2D eigenvalue weighted by molar-refractivity contribution is 1.18. The molecule has 3 heteroatoms. The summed E-state index contributed by atoms with van der Waals surface area (Å²) in [5, 5.41) is 7.43. The van der Waals surface area contributed by atoms with Crippen molar-refractivity contribution in [1.29, 1.82) is 0 Å². The Hall–Kier alpha value is -7.23. The molecule has 0 amide bonds. The van der Waals surface area contributed by atoms with Gasteiger partial charge in [0.05, 0.1) is 33.5 Å². The van der Waals surface area contributed by atoms with Crippen LogP contribution in [0.2, 0.25) is 0 Å². The van der Waals surface area contributed by atoms with Gasteiger partial charge < -0.3 is 9.13 Å². The minimum Gasteiger partial charge on any atom is -0.309 e. The molecule has 0 fully saturated rings. The Balaban J connectivity index is 1.05. The molecule has 0 bridgehead atoms. The van der Waals surface area contributed by atoms with E-state index in [2.05, 4.69) is 197 Å². The van der Waals surface area contributed by atoms with Gasteiger partial charge in [0.1, 0.15) is 0 Å². The van der Waals surface area contributed by atoms with Crippen LogP contribution in [0, 0.1) is 0 Å². The number of pyridine rings is 1. The second-order valence-corrected chi connectivity index (χ2v) is 14.4. The molecule has 3 nitrogen and oxygen atoms in total. The molecule has 54 heavy (non-hydrogen) atoms. The van der Waals surface area contributed by atoms with Crippen LogP contribution < -0.4 is 0 Å². The third kappa shape index (κ3) is 4.15. The van der Waals surface area contributed by atoms with Gasteiger partial charge in [-0.05, 0) is 94.4 Å². The minimum absolute atomic E-state index is 0.988. The first-order valence-corrected chi connectivity index (χ1v) is 18.6. The summed E-state index contributed by atoms with van der Waals surface area (Å²) in [6.45, 7) is 0. The highest BCUT2D eigenvalue weighted by Crippen LogP contribution is 2.47. The molecule has 0 N–H and O–H groups in total. The third-order valence-electron chi connectivity index (χ3n) is 11.4. The average Bonchev–Trinajstić information content (AvgIpc) is 3.87. The molecule has 0 saturated heterocycles. The van der Waals surface area contributed by atoms with Crippen LogP contribution in [0.25, 0.3) is 111 Å². The topological polar surface area (TPSA) is 22.8 Å². The van der Waals surface area contributed by atoms with E-state index in [1.807, 2.05) is 0 Å². The van der Waals surface area contributed by atoms with Crippen molar-refractivity contribution in [2.24, 2.45) is 0 Å². The van der Waals surface area contributed by atoms with E-state index < -0.39 is 0 Å². The van der Waals surface area contributed by atoms with Gasteiger partial charge in [-0.25, -0.2) is 4.98 Å². The van der Waals surface area contributed by atoms with Crippen LogP contribution in [0.1, 0.15) is 0 Å². The summed E-state index contributed by atoms with van der Waals surface area (Å²) < 4.78 is 4.78. The van der Waals surface area contributed by atoms with Crippen LogP contribution in [0.3, 0.4) is 0 Å². The van der Waals surface area contributed by atoms with Gasteiger partial charge >= 0.3 is 0 Å². The van der Waals surface area contributed by atoms with Crippen LogP contribution in [-0.2, 0) is 0 Å². The lowest BCUT2D eigenvalue weighted by Gasteiger charge is -2.10. The highest BCUT2D eigenvalue weighted by atomic mass is 15.0. The molecular weight excluding hydrogens is 655 g/mol. The zero-order valence-corrected chi connectivity index (χ0v) is 29.2. The number of rotatable bonds is 4. The normalized spacial score (nSPS) is 12.1. The predicted octanol–water partition coefficient (Wildman–Crippen LogP) is 13.4. The molecular formula is C51H31N3. The second kappa shape index (κ2) is 11.1. The van der Waals surface area contributed by atoms with Gasteiger partial charge in [-0.3, -0.25) is 0 Å². The molecule has 3 aromatic heterocycles. The molecule has 250 valence electrons. The SMILES string of the molecule is c1ccc(-n2c3ccccc3c3cc(-c4ccc5c(c4)c4ccc(-c6cc7cccc8c7c(n6)-c6ccccc6-8)cc4n5-c4ccccc4)ccc32)cc1. The van der Waals surface area contributed by atoms with Crippen molar-refractivity contribution in [3.63, 3.8) is 0 Å². The second-order valence-electron chi connectivity index (χ2n) is 14.4. The summed E-state index contributed by atoms with van der Waals surface area (Å²) in [5.41, 5.74) is 16.4. The summed E-state index contributed by atoms with van der Waals surface area (Å²) in [4.78, 5) is 5.36. The fraction of sp³-hybridized carbons (Fsp3) is 0. The maximum atomic E-state index is 5.36. The van der Waals surface area contributed by atoms with Gasteiger partial charge in [-0.15, -0.1) is 0 Å². The Kier molecular flexibility index (Phi) is 6.05. The highest BCUT2D eigenvalue weighted by Gasteiger charge is 2.24.